The molecule has 3 aromatic rings. The Labute approximate surface area is 207 Å². The number of carbonyl (C=O) groups excluding carboxylic acids is 1. The molecule has 1 heterocycles. The van der Waals surface area contributed by atoms with Gasteiger partial charge in [-0.25, -0.2) is 13.4 Å². The average molecular weight is 522 g/mol. The van der Waals surface area contributed by atoms with Crippen molar-refractivity contribution in [2.75, 3.05) is 13.7 Å². The van der Waals surface area contributed by atoms with E-state index in [1.807, 2.05) is 6.92 Å². The Hall–Kier alpha value is -3.34. The number of hydrogen-bond donors (Lipinski definition) is 0. The second-order valence-corrected chi connectivity index (χ2v) is 10.5. The van der Waals surface area contributed by atoms with E-state index in [9.17, 15) is 26.4 Å². The van der Waals surface area contributed by atoms with Gasteiger partial charge >= 0.3 is 6.18 Å². The summed E-state index contributed by atoms with van der Waals surface area (Å²) in [5.41, 5.74) is 0.148. The lowest BCUT2D eigenvalue weighted by atomic mass is 10.1. The highest BCUT2D eigenvalue weighted by atomic mass is 32.2. The third kappa shape index (κ3) is 5.56. The zero-order valence-corrected chi connectivity index (χ0v) is 20.6. The first-order valence-corrected chi connectivity index (χ1v) is 13.1. The van der Waals surface area contributed by atoms with Crippen LogP contribution in [0.2, 0.25) is 0 Å². The van der Waals surface area contributed by atoms with Crippen molar-refractivity contribution in [3.8, 4) is 5.75 Å². The van der Waals surface area contributed by atoms with Gasteiger partial charge in [0.15, 0.2) is 0 Å². The van der Waals surface area contributed by atoms with Crippen LogP contribution in [0.5, 0.6) is 5.75 Å². The highest BCUT2D eigenvalue weighted by Crippen LogP contribution is 2.39. The predicted molar refractivity (Wildman–Crippen MR) is 126 cm³/mol. The van der Waals surface area contributed by atoms with Gasteiger partial charge in [0.05, 0.1) is 36.9 Å². The first kappa shape index (κ1) is 25.7. The fraction of sp³-hybridized carbons (Fsp3) is 0.360. The topological polar surface area (TPSA) is 81.5 Å². The molecule has 0 radical (unpaired) electrons. The second-order valence-electron chi connectivity index (χ2n) is 8.64. The molecule has 1 aliphatic rings. The van der Waals surface area contributed by atoms with Gasteiger partial charge in [0.2, 0.25) is 15.0 Å². The number of nitrogens with zero attached hydrogens (tertiary/aromatic N) is 3. The lowest BCUT2D eigenvalue weighted by Crippen LogP contribution is -2.31. The first-order valence-electron chi connectivity index (χ1n) is 11.4. The minimum atomic E-state index is -4.57. The van der Waals surface area contributed by atoms with Crippen molar-refractivity contribution in [2.24, 2.45) is 0 Å². The van der Waals surface area contributed by atoms with Crippen LogP contribution in [0.25, 0.3) is 0 Å². The number of hydrogen-bond acceptors (Lipinski definition) is 5. The summed E-state index contributed by atoms with van der Waals surface area (Å²) >= 11 is 0. The number of imidazole rings is 1. The van der Waals surface area contributed by atoms with Crippen LogP contribution in [0.4, 0.5) is 13.2 Å². The van der Waals surface area contributed by atoms with E-state index in [0.717, 1.165) is 25.0 Å². The van der Waals surface area contributed by atoms with Crippen molar-refractivity contribution >= 4 is 15.7 Å². The molecule has 0 bridgehead atoms. The number of sulfone groups is 1. The summed E-state index contributed by atoms with van der Waals surface area (Å²) < 4.78 is 72.5. The predicted octanol–water partition coefficient (Wildman–Crippen LogP) is 4.88. The van der Waals surface area contributed by atoms with E-state index >= 15 is 0 Å². The van der Waals surface area contributed by atoms with Crippen molar-refractivity contribution in [3.05, 3.63) is 77.1 Å². The highest BCUT2D eigenvalue weighted by molar-refractivity contribution is 7.90. The Kier molecular flexibility index (Phi) is 7.12. The summed E-state index contributed by atoms with van der Waals surface area (Å²) in [4.78, 5) is 18.8. The molecule has 1 saturated carbocycles. The Bertz CT molecular complexity index is 1350. The quantitative estimate of drug-likeness (QED) is 0.401. The van der Waals surface area contributed by atoms with E-state index in [1.165, 1.54) is 25.4 Å². The van der Waals surface area contributed by atoms with E-state index in [-0.39, 0.29) is 29.2 Å². The molecule has 4 rings (SSSR count). The minimum Gasteiger partial charge on any atom is -0.497 e. The van der Waals surface area contributed by atoms with Crippen molar-refractivity contribution in [3.63, 3.8) is 0 Å². The van der Waals surface area contributed by atoms with Gasteiger partial charge in [0.1, 0.15) is 5.75 Å². The Morgan fingerprint density at radius 2 is 1.86 bits per heavy atom. The van der Waals surface area contributed by atoms with Gasteiger partial charge in [0.25, 0.3) is 5.91 Å². The number of ether oxygens (including phenoxy) is 1. The second kappa shape index (κ2) is 9.96. The molecule has 2 aromatic carbocycles. The van der Waals surface area contributed by atoms with Gasteiger partial charge < -0.3 is 14.2 Å². The SMILES string of the molecule is CCN(Cc1cnc(S(=O)(=O)Cc2cccc(C(F)(F)F)c2)n1C1CC1)C(=O)c1ccc(OC)cc1. The van der Waals surface area contributed by atoms with Gasteiger partial charge in [-0.15, -0.1) is 0 Å². The maximum Gasteiger partial charge on any atom is 0.416 e. The molecule has 0 spiro atoms. The summed E-state index contributed by atoms with van der Waals surface area (Å²) in [5.74, 6) is -0.211. The normalized spacial score (nSPS) is 14.0. The number of aromatic nitrogens is 2. The van der Waals surface area contributed by atoms with Crippen molar-refractivity contribution in [1.29, 1.82) is 0 Å². The van der Waals surface area contributed by atoms with Gasteiger partial charge in [-0.05, 0) is 55.7 Å². The Morgan fingerprint density at radius 3 is 2.44 bits per heavy atom. The molecule has 1 aliphatic carbocycles. The summed E-state index contributed by atoms with van der Waals surface area (Å²) in [7, 11) is -2.51. The van der Waals surface area contributed by atoms with Crippen LogP contribution in [-0.4, -0.2) is 42.4 Å². The molecule has 0 atom stereocenters. The molecular formula is C25H26F3N3O4S. The Morgan fingerprint density at radius 1 is 1.17 bits per heavy atom. The molecule has 1 fully saturated rings. The molecule has 0 unspecified atom stereocenters. The van der Waals surface area contributed by atoms with Crippen LogP contribution < -0.4 is 4.74 Å². The van der Waals surface area contributed by atoms with Gasteiger partial charge in [-0.1, -0.05) is 18.2 Å². The molecule has 1 aromatic heterocycles. The van der Waals surface area contributed by atoms with E-state index < -0.39 is 27.3 Å². The zero-order valence-electron chi connectivity index (χ0n) is 19.8. The maximum absolute atomic E-state index is 13.2. The standard InChI is InChI=1S/C25H26F3N3O4S/c1-3-30(23(32)18-7-11-22(35-2)12-8-18)15-21-14-29-24(31(21)20-9-10-20)36(33,34)16-17-5-4-6-19(13-17)25(26,27)28/h4-8,11-14,20H,3,9-10,15-16H2,1-2H3. The summed E-state index contributed by atoms with van der Waals surface area (Å²) in [6, 6.07) is 10.9. The number of benzene rings is 2. The molecule has 0 aliphatic heterocycles. The molecule has 36 heavy (non-hydrogen) atoms. The van der Waals surface area contributed by atoms with Crippen LogP contribution in [0.15, 0.2) is 59.9 Å². The first-order chi connectivity index (χ1) is 17.0. The fourth-order valence-corrected chi connectivity index (χ4v) is 5.53. The maximum atomic E-state index is 13.2. The summed E-state index contributed by atoms with van der Waals surface area (Å²) in [6.07, 6.45) is -1.62. The lowest BCUT2D eigenvalue weighted by molar-refractivity contribution is -0.137. The van der Waals surface area contributed by atoms with Gasteiger partial charge in [-0.3, -0.25) is 4.79 Å². The van der Waals surface area contributed by atoms with Crippen molar-refractivity contribution < 1.29 is 31.1 Å². The third-order valence-corrected chi connectivity index (χ3v) is 7.57. The largest absolute Gasteiger partial charge is 0.497 e. The van der Waals surface area contributed by atoms with Gasteiger partial charge in [-0.2, -0.15) is 13.2 Å². The third-order valence-electron chi connectivity index (χ3n) is 6.00. The van der Waals surface area contributed by atoms with Crippen LogP contribution in [0.3, 0.4) is 0 Å². The summed E-state index contributed by atoms with van der Waals surface area (Å²) in [5, 5.41) is -0.189. The van der Waals surface area contributed by atoms with Crippen molar-refractivity contribution in [2.45, 2.75) is 49.4 Å². The minimum absolute atomic E-state index is 0.0293. The molecule has 0 saturated heterocycles. The number of amides is 1. The van der Waals surface area contributed by atoms with E-state index in [4.69, 9.17) is 4.74 Å². The number of methoxy groups -OCH3 is 1. The van der Waals surface area contributed by atoms with E-state index in [1.54, 1.807) is 33.7 Å². The number of rotatable bonds is 9. The molecule has 1 amide bonds. The Balaban J connectivity index is 1.60. The number of carbonyl (C=O) groups is 1. The van der Waals surface area contributed by atoms with Crippen LogP contribution >= 0.6 is 0 Å². The molecular weight excluding hydrogens is 495 g/mol. The highest BCUT2D eigenvalue weighted by Gasteiger charge is 2.35. The van der Waals surface area contributed by atoms with Crippen LogP contribution in [-0.2, 0) is 28.3 Å². The van der Waals surface area contributed by atoms with Crippen LogP contribution in [0.1, 0.15) is 53.0 Å². The number of halogens is 3. The monoisotopic (exact) mass is 521 g/mol. The number of alkyl halides is 3. The lowest BCUT2D eigenvalue weighted by Gasteiger charge is -2.22. The summed E-state index contributed by atoms with van der Waals surface area (Å²) in [6.45, 7) is 2.35. The van der Waals surface area contributed by atoms with E-state index in [2.05, 4.69) is 4.98 Å². The molecule has 192 valence electrons. The van der Waals surface area contributed by atoms with E-state index in [0.29, 0.717) is 23.6 Å². The van der Waals surface area contributed by atoms with Gasteiger partial charge in [0, 0.05) is 18.2 Å². The molecule has 0 N–H and O–H groups in total. The average Bonchev–Trinajstić information content (AvgIpc) is 3.60. The zero-order chi connectivity index (χ0) is 26.1. The van der Waals surface area contributed by atoms with Crippen molar-refractivity contribution in [1.82, 2.24) is 14.5 Å². The van der Waals surface area contributed by atoms with Crippen LogP contribution in [0, 0.1) is 0 Å². The smallest absolute Gasteiger partial charge is 0.416 e. The molecule has 7 nitrogen and oxygen atoms in total. The fourth-order valence-electron chi connectivity index (χ4n) is 4.01. The molecule has 11 heteroatoms.